The number of thiazole rings is 1. The summed E-state index contributed by atoms with van der Waals surface area (Å²) < 4.78 is 6.08. The van der Waals surface area contributed by atoms with E-state index < -0.39 is 0 Å². The molecule has 5 heteroatoms. The molecule has 0 bridgehead atoms. The van der Waals surface area contributed by atoms with Crippen LogP contribution in [0.15, 0.2) is 23.0 Å². The van der Waals surface area contributed by atoms with Gasteiger partial charge in [0.25, 0.3) is 0 Å². The summed E-state index contributed by atoms with van der Waals surface area (Å²) in [6.07, 6.45) is 7.34. The molecular weight excluding hydrogens is 334 g/mol. The van der Waals surface area contributed by atoms with Gasteiger partial charge in [-0.2, -0.15) is 0 Å². The Bertz CT molecular complexity index is 759. The Morgan fingerprint density at radius 3 is 2.72 bits per heavy atom. The molecule has 4 nitrogen and oxygen atoms in total. The van der Waals surface area contributed by atoms with Gasteiger partial charge in [0.2, 0.25) is 5.88 Å². The van der Waals surface area contributed by atoms with Gasteiger partial charge in [0, 0.05) is 6.42 Å². The summed E-state index contributed by atoms with van der Waals surface area (Å²) in [5.41, 5.74) is 2.16. The summed E-state index contributed by atoms with van der Waals surface area (Å²) in [7, 11) is 0. The molecule has 1 unspecified atom stereocenters. The van der Waals surface area contributed by atoms with Crippen molar-refractivity contribution in [3.63, 3.8) is 0 Å². The molecule has 0 radical (unpaired) electrons. The molecule has 1 heterocycles. The van der Waals surface area contributed by atoms with Crippen LogP contribution in [-0.4, -0.2) is 16.7 Å². The van der Waals surface area contributed by atoms with Gasteiger partial charge < -0.3 is 9.84 Å². The van der Waals surface area contributed by atoms with Crippen LogP contribution in [-0.2, 0) is 6.42 Å². The maximum atomic E-state index is 11.3. The molecule has 0 saturated heterocycles. The summed E-state index contributed by atoms with van der Waals surface area (Å²) in [6, 6.07) is 6.09. The smallest absolute Gasteiger partial charge is 0.307 e. The van der Waals surface area contributed by atoms with Crippen molar-refractivity contribution < 1.29 is 9.84 Å². The van der Waals surface area contributed by atoms with Crippen LogP contribution < -0.4 is 9.61 Å². The SMILES string of the molecule is Cc1cc(Cc2sc(=O)[nH]c2O)ccc1OCC(C)C1CCCCC1. The normalized spacial score (nSPS) is 16.7. The van der Waals surface area contributed by atoms with Crippen LogP contribution in [0.3, 0.4) is 0 Å². The molecule has 25 heavy (non-hydrogen) atoms. The number of hydrogen-bond acceptors (Lipinski definition) is 4. The van der Waals surface area contributed by atoms with E-state index >= 15 is 0 Å². The van der Waals surface area contributed by atoms with Crippen molar-refractivity contribution in [2.75, 3.05) is 6.61 Å². The molecule has 1 aliphatic carbocycles. The molecule has 0 aliphatic heterocycles. The number of rotatable bonds is 6. The predicted octanol–water partition coefficient (Wildman–Crippen LogP) is 4.64. The molecule has 1 fully saturated rings. The third-order valence-corrected chi connectivity index (χ3v) is 6.13. The number of nitrogens with one attached hydrogen (secondary N) is 1. The maximum absolute atomic E-state index is 11.3. The van der Waals surface area contributed by atoms with Gasteiger partial charge in [-0.25, -0.2) is 0 Å². The van der Waals surface area contributed by atoms with Crippen molar-refractivity contribution in [2.24, 2.45) is 11.8 Å². The van der Waals surface area contributed by atoms with Gasteiger partial charge >= 0.3 is 4.87 Å². The number of aromatic amines is 1. The molecule has 136 valence electrons. The summed E-state index contributed by atoms with van der Waals surface area (Å²) >= 11 is 1.06. The second-order valence-corrected chi connectivity index (χ2v) is 8.32. The average molecular weight is 362 g/mol. The molecule has 1 aliphatic rings. The summed E-state index contributed by atoms with van der Waals surface area (Å²) in [5.74, 6) is 2.30. The van der Waals surface area contributed by atoms with E-state index in [1.54, 1.807) is 0 Å². The van der Waals surface area contributed by atoms with E-state index in [2.05, 4.69) is 18.0 Å². The quantitative estimate of drug-likeness (QED) is 0.788. The number of benzene rings is 1. The summed E-state index contributed by atoms with van der Waals surface area (Å²) in [6.45, 7) is 5.12. The number of aryl methyl sites for hydroxylation is 1. The van der Waals surface area contributed by atoms with Gasteiger partial charge in [0.1, 0.15) is 5.75 Å². The summed E-state index contributed by atoms with van der Waals surface area (Å²) in [5, 5.41) is 9.72. The number of aromatic hydroxyl groups is 1. The maximum Gasteiger partial charge on any atom is 0.307 e. The Labute approximate surface area is 152 Å². The lowest BCUT2D eigenvalue weighted by atomic mass is 9.81. The van der Waals surface area contributed by atoms with Gasteiger partial charge in [0.15, 0.2) is 0 Å². The van der Waals surface area contributed by atoms with Gasteiger partial charge in [-0.15, -0.1) is 0 Å². The van der Waals surface area contributed by atoms with Crippen LogP contribution >= 0.6 is 11.3 Å². The molecule has 1 aromatic carbocycles. The molecular formula is C20H27NO3S. The van der Waals surface area contributed by atoms with Crippen LogP contribution in [0.5, 0.6) is 11.6 Å². The first-order chi connectivity index (χ1) is 12.0. The van der Waals surface area contributed by atoms with Crippen molar-refractivity contribution in [1.82, 2.24) is 4.98 Å². The first-order valence-electron chi connectivity index (χ1n) is 9.16. The minimum Gasteiger partial charge on any atom is -0.494 e. The first-order valence-corrected chi connectivity index (χ1v) is 9.98. The van der Waals surface area contributed by atoms with Crippen LogP contribution in [0.4, 0.5) is 0 Å². The molecule has 0 spiro atoms. The molecule has 2 N–H and O–H groups in total. The molecule has 2 aromatic rings. The first kappa shape index (κ1) is 18.1. The van der Waals surface area contributed by atoms with E-state index in [0.717, 1.165) is 40.7 Å². The van der Waals surface area contributed by atoms with Crippen LogP contribution in [0, 0.1) is 18.8 Å². The Balaban J connectivity index is 1.59. The van der Waals surface area contributed by atoms with Crippen molar-refractivity contribution in [3.05, 3.63) is 43.9 Å². The fourth-order valence-corrected chi connectivity index (χ4v) is 4.46. The zero-order chi connectivity index (χ0) is 17.8. The summed E-state index contributed by atoms with van der Waals surface area (Å²) in [4.78, 5) is 14.1. The highest BCUT2D eigenvalue weighted by molar-refractivity contribution is 7.09. The highest BCUT2D eigenvalue weighted by atomic mass is 32.1. The Hall–Kier alpha value is -1.75. The minimum absolute atomic E-state index is 0.0192. The third kappa shape index (κ3) is 4.66. The Kier molecular flexibility index (Phi) is 5.84. The second-order valence-electron chi connectivity index (χ2n) is 7.25. The highest BCUT2D eigenvalue weighted by Crippen LogP contribution is 2.31. The fourth-order valence-electron chi connectivity index (χ4n) is 3.70. The van der Waals surface area contributed by atoms with Gasteiger partial charge in [-0.3, -0.25) is 9.78 Å². The number of hydrogen-bond donors (Lipinski definition) is 2. The number of H-pyrrole nitrogens is 1. The van der Waals surface area contributed by atoms with Crippen molar-refractivity contribution in [1.29, 1.82) is 0 Å². The van der Waals surface area contributed by atoms with E-state index in [4.69, 9.17) is 4.74 Å². The molecule has 1 atom stereocenters. The van der Waals surface area contributed by atoms with E-state index in [-0.39, 0.29) is 10.8 Å². The molecule has 1 aromatic heterocycles. The van der Waals surface area contributed by atoms with E-state index in [1.807, 2.05) is 19.1 Å². The van der Waals surface area contributed by atoms with Crippen molar-refractivity contribution >= 4 is 11.3 Å². The van der Waals surface area contributed by atoms with Crippen LogP contribution in [0.2, 0.25) is 0 Å². The largest absolute Gasteiger partial charge is 0.494 e. The van der Waals surface area contributed by atoms with Gasteiger partial charge in [-0.1, -0.05) is 62.5 Å². The highest BCUT2D eigenvalue weighted by Gasteiger charge is 2.20. The molecule has 3 rings (SSSR count). The van der Waals surface area contributed by atoms with Crippen LogP contribution in [0.25, 0.3) is 0 Å². The molecule has 1 saturated carbocycles. The van der Waals surface area contributed by atoms with Crippen molar-refractivity contribution in [2.45, 2.75) is 52.4 Å². The van der Waals surface area contributed by atoms with Gasteiger partial charge in [-0.05, 0) is 36.0 Å². The fraction of sp³-hybridized carbons (Fsp3) is 0.550. The lowest BCUT2D eigenvalue weighted by molar-refractivity contribution is 0.175. The zero-order valence-corrected chi connectivity index (χ0v) is 15.8. The number of ether oxygens (including phenoxy) is 1. The van der Waals surface area contributed by atoms with Crippen LogP contribution in [0.1, 0.15) is 55.0 Å². The van der Waals surface area contributed by atoms with Gasteiger partial charge in [0.05, 0.1) is 11.5 Å². The second kappa shape index (κ2) is 8.09. The lowest BCUT2D eigenvalue weighted by Crippen LogP contribution is -2.21. The third-order valence-electron chi connectivity index (χ3n) is 5.26. The topological polar surface area (TPSA) is 62.3 Å². The molecule has 0 amide bonds. The standard InChI is InChI=1S/C20H27NO3S/c1-13-10-15(11-18-19(22)21-20(23)25-18)8-9-17(13)24-12-14(2)16-6-4-3-5-7-16/h8-10,14,16,22H,3-7,11-12H2,1-2H3,(H,21,23). The monoisotopic (exact) mass is 361 g/mol. The zero-order valence-electron chi connectivity index (χ0n) is 15.0. The van der Waals surface area contributed by atoms with E-state index in [9.17, 15) is 9.90 Å². The Morgan fingerprint density at radius 1 is 1.32 bits per heavy atom. The Morgan fingerprint density at radius 2 is 2.08 bits per heavy atom. The lowest BCUT2D eigenvalue weighted by Gasteiger charge is -2.27. The average Bonchev–Trinajstić information content (AvgIpc) is 2.92. The van der Waals surface area contributed by atoms with Crippen molar-refractivity contribution in [3.8, 4) is 11.6 Å². The number of aromatic nitrogens is 1. The predicted molar refractivity (Wildman–Crippen MR) is 102 cm³/mol. The minimum atomic E-state index is -0.221. The van der Waals surface area contributed by atoms with E-state index in [1.165, 1.54) is 32.1 Å². The van der Waals surface area contributed by atoms with E-state index in [0.29, 0.717) is 17.2 Å².